The van der Waals surface area contributed by atoms with Crippen LogP contribution >= 0.6 is 15.9 Å². The number of furan rings is 1. The van der Waals surface area contributed by atoms with Crippen LogP contribution in [0.25, 0.3) is 11.5 Å². The first-order valence-corrected chi connectivity index (χ1v) is 6.44. The third-order valence-electron chi connectivity index (χ3n) is 2.91. The fourth-order valence-corrected chi connectivity index (χ4v) is 2.41. The molecule has 2 aromatic rings. The van der Waals surface area contributed by atoms with Gasteiger partial charge in [0.15, 0.2) is 10.5 Å². The Balaban J connectivity index is 1.85. The standard InChI is InChI=1S/C11H12BrN3O2/c12-9-7(4-6-16-9)11-14-10(15-17-11)8-3-1-2-5-13-8/h4,6,8,13H,1-3,5H2. The van der Waals surface area contributed by atoms with Crippen molar-refractivity contribution in [3.05, 3.63) is 22.8 Å². The van der Waals surface area contributed by atoms with Crippen LogP contribution in [0.3, 0.4) is 0 Å². The summed E-state index contributed by atoms with van der Waals surface area (Å²) in [6.07, 6.45) is 5.07. The molecular formula is C11H12BrN3O2. The predicted molar refractivity (Wildman–Crippen MR) is 64.3 cm³/mol. The van der Waals surface area contributed by atoms with Crippen molar-refractivity contribution >= 4 is 15.9 Å². The van der Waals surface area contributed by atoms with Crippen molar-refractivity contribution in [2.75, 3.05) is 6.54 Å². The largest absolute Gasteiger partial charge is 0.457 e. The van der Waals surface area contributed by atoms with Gasteiger partial charge in [0.2, 0.25) is 0 Å². The minimum atomic E-state index is 0.215. The number of hydrogen-bond acceptors (Lipinski definition) is 5. The van der Waals surface area contributed by atoms with Gasteiger partial charge in [0.05, 0.1) is 17.9 Å². The highest BCUT2D eigenvalue weighted by molar-refractivity contribution is 9.10. The second-order valence-electron chi connectivity index (χ2n) is 4.07. The van der Waals surface area contributed by atoms with Gasteiger partial charge in [0.25, 0.3) is 5.89 Å². The van der Waals surface area contributed by atoms with E-state index in [0.29, 0.717) is 10.6 Å². The molecule has 2 aromatic heterocycles. The van der Waals surface area contributed by atoms with Gasteiger partial charge in [-0.05, 0) is 41.4 Å². The van der Waals surface area contributed by atoms with Gasteiger partial charge in [-0.15, -0.1) is 0 Å². The van der Waals surface area contributed by atoms with Crippen molar-refractivity contribution in [1.82, 2.24) is 15.5 Å². The number of hydrogen-bond donors (Lipinski definition) is 1. The lowest BCUT2D eigenvalue weighted by atomic mass is 10.0. The highest BCUT2D eigenvalue weighted by Crippen LogP contribution is 2.29. The second kappa shape index (κ2) is 4.62. The van der Waals surface area contributed by atoms with Gasteiger partial charge in [0, 0.05) is 0 Å². The third kappa shape index (κ3) is 2.14. The van der Waals surface area contributed by atoms with Crippen molar-refractivity contribution in [1.29, 1.82) is 0 Å². The number of rotatable bonds is 2. The van der Waals surface area contributed by atoms with E-state index in [2.05, 4.69) is 31.4 Å². The van der Waals surface area contributed by atoms with Gasteiger partial charge in [-0.2, -0.15) is 4.98 Å². The Morgan fingerprint density at radius 1 is 1.41 bits per heavy atom. The number of aromatic nitrogens is 2. The highest BCUT2D eigenvalue weighted by atomic mass is 79.9. The van der Waals surface area contributed by atoms with Gasteiger partial charge in [-0.3, -0.25) is 0 Å². The molecule has 1 unspecified atom stereocenters. The van der Waals surface area contributed by atoms with Crippen molar-refractivity contribution in [3.63, 3.8) is 0 Å². The molecule has 0 bridgehead atoms. The Hall–Kier alpha value is -1.14. The summed E-state index contributed by atoms with van der Waals surface area (Å²) in [6, 6.07) is 2.02. The normalized spacial score (nSPS) is 20.6. The minimum Gasteiger partial charge on any atom is -0.457 e. The van der Waals surface area contributed by atoms with Crippen molar-refractivity contribution in [2.45, 2.75) is 25.3 Å². The Morgan fingerprint density at radius 2 is 2.35 bits per heavy atom. The average Bonchev–Trinajstić information content (AvgIpc) is 2.98. The highest BCUT2D eigenvalue weighted by Gasteiger charge is 2.22. The summed E-state index contributed by atoms with van der Waals surface area (Å²) in [5.41, 5.74) is 0.791. The van der Waals surface area contributed by atoms with Crippen LogP contribution in [-0.2, 0) is 0 Å². The number of piperidine rings is 1. The van der Waals surface area contributed by atoms with Crippen LogP contribution < -0.4 is 5.32 Å². The van der Waals surface area contributed by atoms with E-state index in [1.54, 1.807) is 12.3 Å². The van der Waals surface area contributed by atoms with Crippen molar-refractivity contribution in [2.24, 2.45) is 0 Å². The Labute approximate surface area is 107 Å². The lowest BCUT2D eigenvalue weighted by molar-refractivity contribution is 0.366. The van der Waals surface area contributed by atoms with Gasteiger partial charge in [0.1, 0.15) is 0 Å². The molecule has 0 amide bonds. The van der Waals surface area contributed by atoms with Crippen LogP contribution in [0.4, 0.5) is 0 Å². The first-order valence-electron chi connectivity index (χ1n) is 5.65. The molecule has 0 spiro atoms. The van der Waals surface area contributed by atoms with Crippen LogP contribution in [0.5, 0.6) is 0 Å². The molecular weight excluding hydrogens is 286 g/mol. The summed E-state index contributed by atoms with van der Waals surface area (Å²) in [5.74, 6) is 1.22. The summed E-state index contributed by atoms with van der Waals surface area (Å²) in [4.78, 5) is 4.41. The molecule has 1 aliphatic heterocycles. The molecule has 0 aliphatic carbocycles. The lowest BCUT2D eigenvalue weighted by Gasteiger charge is -2.19. The van der Waals surface area contributed by atoms with Crippen LogP contribution in [0, 0.1) is 0 Å². The van der Waals surface area contributed by atoms with E-state index in [1.165, 1.54) is 12.8 Å². The van der Waals surface area contributed by atoms with Crippen molar-refractivity contribution < 1.29 is 8.94 Å². The number of halogens is 1. The molecule has 0 aromatic carbocycles. The number of nitrogens with zero attached hydrogens (tertiary/aromatic N) is 2. The van der Waals surface area contributed by atoms with E-state index in [1.807, 2.05) is 0 Å². The SMILES string of the molecule is Brc1occc1-c1nc(C2CCCCN2)no1. The van der Waals surface area contributed by atoms with Gasteiger partial charge < -0.3 is 14.3 Å². The zero-order valence-electron chi connectivity index (χ0n) is 9.15. The molecule has 1 fully saturated rings. The van der Waals surface area contributed by atoms with Crippen molar-refractivity contribution in [3.8, 4) is 11.5 Å². The maximum atomic E-state index is 5.25. The minimum absolute atomic E-state index is 0.215. The zero-order chi connectivity index (χ0) is 11.7. The summed E-state index contributed by atoms with van der Waals surface area (Å²) < 4.78 is 11.0. The maximum absolute atomic E-state index is 5.25. The molecule has 17 heavy (non-hydrogen) atoms. The van der Waals surface area contributed by atoms with E-state index >= 15 is 0 Å². The Bertz CT molecular complexity index is 502. The molecule has 1 atom stereocenters. The van der Waals surface area contributed by atoms with Crippen LogP contribution in [0.15, 0.2) is 25.9 Å². The second-order valence-corrected chi connectivity index (χ2v) is 4.79. The van der Waals surface area contributed by atoms with Gasteiger partial charge in [-0.25, -0.2) is 0 Å². The predicted octanol–water partition coefficient (Wildman–Crippen LogP) is 2.91. The Kier molecular flexibility index (Phi) is 2.98. The Morgan fingerprint density at radius 3 is 3.06 bits per heavy atom. The van der Waals surface area contributed by atoms with E-state index in [4.69, 9.17) is 8.94 Å². The molecule has 6 heteroatoms. The summed E-state index contributed by atoms with van der Waals surface area (Å²) in [5, 5.41) is 7.41. The number of nitrogens with one attached hydrogen (secondary N) is 1. The molecule has 0 saturated carbocycles. The fraction of sp³-hybridized carbons (Fsp3) is 0.455. The zero-order valence-corrected chi connectivity index (χ0v) is 10.7. The molecule has 90 valence electrons. The smallest absolute Gasteiger partial charge is 0.262 e. The van der Waals surface area contributed by atoms with Crippen LogP contribution in [0.2, 0.25) is 0 Å². The topological polar surface area (TPSA) is 64.1 Å². The van der Waals surface area contributed by atoms with E-state index in [-0.39, 0.29) is 6.04 Å². The molecule has 1 saturated heterocycles. The maximum Gasteiger partial charge on any atom is 0.262 e. The van der Waals surface area contributed by atoms with Crippen LogP contribution in [-0.4, -0.2) is 16.7 Å². The summed E-state index contributed by atoms with van der Waals surface area (Å²) in [6.45, 7) is 1.02. The molecule has 0 radical (unpaired) electrons. The molecule has 3 rings (SSSR count). The lowest BCUT2D eigenvalue weighted by Crippen LogP contribution is -2.27. The monoisotopic (exact) mass is 297 g/mol. The van der Waals surface area contributed by atoms with Crippen LogP contribution in [0.1, 0.15) is 31.1 Å². The van der Waals surface area contributed by atoms with Gasteiger partial charge >= 0.3 is 0 Å². The molecule has 3 heterocycles. The third-order valence-corrected chi connectivity index (χ3v) is 3.53. The fourth-order valence-electron chi connectivity index (χ4n) is 2.00. The first-order chi connectivity index (χ1) is 8.34. The summed E-state index contributed by atoms with van der Waals surface area (Å²) in [7, 11) is 0. The van der Waals surface area contributed by atoms with Gasteiger partial charge in [-0.1, -0.05) is 11.6 Å². The summed E-state index contributed by atoms with van der Waals surface area (Å²) >= 11 is 3.30. The average molecular weight is 298 g/mol. The van der Waals surface area contributed by atoms with E-state index in [9.17, 15) is 0 Å². The molecule has 1 N–H and O–H groups in total. The van der Waals surface area contributed by atoms with E-state index < -0.39 is 0 Å². The first kappa shape index (κ1) is 11.0. The molecule has 1 aliphatic rings. The molecule has 5 nitrogen and oxygen atoms in total. The quantitative estimate of drug-likeness (QED) is 0.923. The van der Waals surface area contributed by atoms with E-state index in [0.717, 1.165) is 24.4 Å².